The summed E-state index contributed by atoms with van der Waals surface area (Å²) in [6.45, 7) is 2.06. The van der Waals surface area contributed by atoms with Gasteiger partial charge in [0.2, 0.25) is 0 Å². The van der Waals surface area contributed by atoms with Gasteiger partial charge in [-0.25, -0.2) is 4.68 Å². The summed E-state index contributed by atoms with van der Waals surface area (Å²) in [5.41, 5.74) is 4.68. The van der Waals surface area contributed by atoms with Crippen LogP contribution in [0.2, 0.25) is 0 Å². The van der Waals surface area contributed by atoms with Crippen molar-refractivity contribution >= 4 is 14.9 Å². The predicted molar refractivity (Wildman–Crippen MR) is 114 cm³/mol. The zero-order valence-electron chi connectivity index (χ0n) is 16.2. The largest absolute Gasteiger partial charge is 0.379 e. The van der Waals surface area contributed by atoms with E-state index in [1.807, 2.05) is 6.20 Å². The lowest BCUT2D eigenvalue weighted by Gasteiger charge is -2.37. The van der Waals surface area contributed by atoms with Crippen LogP contribution in [-0.2, 0) is 13.2 Å². The standard InChI is InChI=1S/C21H29N4OP/c1-24-11-17(15-5-3-14(13-27)4-6-15)9-18(12-24)23-19-10-22-25(2)21(26)20(19)16-7-8-16/h3-6,10,16-18,23H,7-9,11-13,27H2,1-2H3. The molecule has 0 amide bonds. The van der Waals surface area contributed by atoms with E-state index in [2.05, 4.69) is 55.9 Å². The van der Waals surface area contributed by atoms with Gasteiger partial charge >= 0.3 is 0 Å². The maximum Gasteiger partial charge on any atom is 0.272 e. The summed E-state index contributed by atoms with van der Waals surface area (Å²) < 4.78 is 1.46. The van der Waals surface area contributed by atoms with Crippen molar-refractivity contribution in [3.05, 3.63) is 57.5 Å². The Balaban J connectivity index is 1.54. The Labute approximate surface area is 163 Å². The molecule has 27 heavy (non-hydrogen) atoms. The van der Waals surface area contributed by atoms with E-state index < -0.39 is 0 Å². The number of likely N-dealkylation sites (N-methyl/N-ethyl adjacent to an activating group) is 1. The number of piperidine rings is 1. The van der Waals surface area contributed by atoms with Crippen LogP contribution in [0, 0.1) is 0 Å². The third kappa shape index (κ3) is 4.09. The molecule has 2 heterocycles. The molecule has 2 aliphatic rings. The van der Waals surface area contributed by atoms with Crippen molar-refractivity contribution in [3.63, 3.8) is 0 Å². The number of benzene rings is 1. The number of nitrogens with zero attached hydrogens (tertiary/aromatic N) is 3. The molecule has 0 radical (unpaired) electrons. The predicted octanol–water partition coefficient (Wildman–Crippen LogP) is 2.93. The molecular formula is C21H29N4OP. The molecule has 0 bridgehead atoms. The fraction of sp³-hybridized carbons (Fsp3) is 0.524. The van der Waals surface area contributed by atoms with Gasteiger partial charge in [0.05, 0.1) is 11.9 Å². The number of likely N-dealkylation sites (tertiary alicyclic amines) is 1. The molecule has 3 atom stereocenters. The molecule has 1 aromatic carbocycles. The summed E-state index contributed by atoms with van der Waals surface area (Å²) in [4.78, 5) is 15.0. The lowest BCUT2D eigenvalue weighted by Crippen LogP contribution is -2.44. The van der Waals surface area contributed by atoms with Crippen LogP contribution in [0.15, 0.2) is 35.3 Å². The molecule has 1 aliphatic carbocycles. The summed E-state index contributed by atoms with van der Waals surface area (Å²) in [6.07, 6.45) is 6.14. The van der Waals surface area contributed by atoms with Crippen molar-refractivity contribution in [2.24, 2.45) is 7.05 Å². The highest BCUT2D eigenvalue weighted by molar-refractivity contribution is 7.15. The zero-order chi connectivity index (χ0) is 19.0. The summed E-state index contributed by atoms with van der Waals surface area (Å²) in [5.74, 6) is 0.912. The van der Waals surface area contributed by atoms with Crippen LogP contribution in [-0.4, -0.2) is 40.9 Å². The highest BCUT2D eigenvalue weighted by Gasteiger charge is 2.32. The molecule has 2 fully saturated rings. The van der Waals surface area contributed by atoms with Crippen LogP contribution < -0.4 is 10.9 Å². The molecule has 1 saturated carbocycles. The summed E-state index contributed by atoms with van der Waals surface area (Å²) in [6, 6.07) is 9.33. The van der Waals surface area contributed by atoms with Gasteiger partial charge in [0.25, 0.3) is 5.56 Å². The van der Waals surface area contributed by atoms with Crippen LogP contribution in [0.4, 0.5) is 5.69 Å². The minimum absolute atomic E-state index is 0.0521. The Morgan fingerprint density at radius 2 is 1.89 bits per heavy atom. The Morgan fingerprint density at radius 3 is 2.56 bits per heavy atom. The first-order valence-electron chi connectivity index (χ1n) is 9.85. The Hall–Kier alpha value is -1.71. The highest BCUT2D eigenvalue weighted by Crippen LogP contribution is 2.41. The number of nitrogens with one attached hydrogen (secondary N) is 1. The quantitative estimate of drug-likeness (QED) is 0.806. The van der Waals surface area contributed by atoms with E-state index >= 15 is 0 Å². The van der Waals surface area contributed by atoms with Gasteiger partial charge in [0, 0.05) is 31.7 Å². The van der Waals surface area contributed by atoms with Gasteiger partial charge in [0.1, 0.15) is 0 Å². The molecule has 6 heteroatoms. The smallest absolute Gasteiger partial charge is 0.272 e. The number of anilines is 1. The van der Waals surface area contributed by atoms with Gasteiger partial charge in [-0.1, -0.05) is 24.3 Å². The second-order valence-corrected chi connectivity index (χ2v) is 8.52. The normalized spacial score (nSPS) is 23.4. The Bertz CT molecular complexity index is 859. The summed E-state index contributed by atoms with van der Waals surface area (Å²) >= 11 is 0. The first-order chi connectivity index (χ1) is 13.0. The molecule has 3 unspecified atom stereocenters. The minimum atomic E-state index is 0.0521. The summed E-state index contributed by atoms with van der Waals surface area (Å²) in [7, 11) is 6.70. The van der Waals surface area contributed by atoms with E-state index in [-0.39, 0.29) is 5.56 Å². The van der Waals surface area contributed by atoms with Gasteiger partial charge in [-0.2, -0.15) is 5.10 Å². The molecule has 1 aromatic heterocycles. The van der Waals surface area contributed by atoms with Crippen molar-refractivity contribution in [2.45, 2.75) is 43.3 Å². The Kier molecular flexibility index (Phi) is 5.34. The van der Waals surface area contributed by atoms with E-state index in [0.717, 1.165) is 49.8 Å². The lowest BCUT2D eigenvalue weighted by atomic mass is 9.87. The molecule has 2 aromatic rings. The van der Waals surface area contributed by atoms with E-state index in [0.29, 0.717) is 17.9 Å². The molecule has 144 valence electrons. The average molecular weight is 384 g/mol. The van der Waals surface area contributed by atoms with E-state index in [9.17, 15) is 4.79 Å². The van der Waals surface area contributed by atoms with Crippen LogP contribution in [0.25, 0.3) is 0 Å². The zero-order valence-corrected chi connectivity index (χ0v) is 17.3. The molecule has 5 nitrogen and oxygen atoms in total. The van der Waals surface area contributed by atoms with E-state index in [4.69, 9.17) is 0 Å². The minimum Gasteiger partial charge on any atom is -0.379 e. The van der Waals surface area contributed by atoms with Gasteiger partial charge < -0.3 is 10.2 Å². The lowest BCUT2D eigenvalue weighted by molar-refractivity contribution is 0.235. The second-order valence-electron chi connectivity index (χ2n) is 8.12. The average Bonchev–Trinajstić information content (AvgIpc) is 3.49. The first-order valence-corrected chi connectivity index (χ1v) is 10.7. The second kappa shape index (κ2) is 7.73. The molecule has 1 N–H and O–H groups in total. The van der Waals surface area contributed by atoms with Crippen molar-refractivity contribution in [1.82, 2.24) is 14.7 Å². The number of rotatable bonds is 5. The molecule has 1 saturated heterocycles. The number of hydrogen-bond donors (Lipinski definition) is 1. The molecule has 1 aliphatic heterocycles. The van der Waals surface area contributed by atoms with Gasteiger partial charge in [-0.15, -0.1) is 9.24 Å². The van der Waals surface area contributed by atoms with Crippen LogP contribution >= 0.6 is 9.24 Å². The monoisotopic (exact) mass is 384 g/mol. The van der Waals surface area contributed by atoms with Crippen molar-refractivity contribution in [3.8, 4) is 0 Å². The fourth-order valence-electron chi connectivity index (χ4n) is 4.25. The van der Waals surface area contributed by atoms with Gasteiger partial charge in [-0.05, 0) is 55.4 Å². The molecule has 4 rings (SSSR count). The van der Waals surface area contributed by atoms with Crippen LogP contribution in [0.5, 0.6) is 0 Å². The number of hydrogen-bond acceptors (Lipinski definition) is 4. The maximum atomic E-state index is 12.6. The van der Waals surface area contributed by atoms with E-state index in [1.165, 1.54) is 15.8 Å². The number of aryl methyl sites for hydroxylation is 1. The fourth-order valence-corrected chi connectivity index (χ4v) is 4.52. The third-order valence-electron chi connectivity index (χ3n) is 5.84. The maximum absolute atomic E-state index is 12.6. The van der Waals surface area contributed by atoms with Crippen LogP contribution in [0.1, 0.15) is 47.8 Å². The van der Waals surface area contributed by atoms with Gasteiger partial charge in [0.15, 0.2) is 0 Å². The van der Waals surface area contributed by atoms with E-state index in [1.54, 1.807) is 7.05 Å². The van der Waals surface area contributed by atoms with Crippen molar-refractivity contribution < 1.29 is 0 Å². The third-order valence-corrected chi connectivity index (χ3v) is 6.31. The SMILES string of the molecule is CN1CC(Nc2cnn(C)c(=O)c2C2CC2)CC(c2ccc(CP)cc2)C1. The van der Waals surface area contributed by atoms with Gasteiger partial charge in [-0.3, -0.25) is 4.79 Å². The first kappa shape index (κ1) is 18.6. The van der Waals surface area contributed by atoms with Crippen molar-refractivity contribution in [1.29, 1.82) is 0 Å². The Morgan fingerprint density at radius 1 is 1.15 bits per heavy atom. The molecular weight excluding hydrogens is 355 g/mol. The summed E-state index contributed by atoms with van der Waals surface area (Å²) in [5, 5.41) is 7.93. The van der Waals surface area contributed by atoms with Crippen LogP contribution in [0.3, 0.4) is 0 Å². The number of aromatic nitrogens is 2. The topological polar surface area (TPSA) is 50.2 Å². The highest BCUT2D eigenvalue weighted by atomic mass is 31.0. The van der Waals surface area contributed by atoms with Crippen molar-refractivity contribution in [2.75, 3.05) is 25.5 Å². The molecule has 0 spiro atoms.